The Labute approximate surface area is 111 Å². The second-order valence-corrected chi connectivity index (χ2v) is 0. The smallest absolute Gasteiger partial charge is 0 e. The fourth-order valence-electron chi connectivity index (χ4n) is 0. The summed E-state index contributed by atoms with van der Waals surface area (Å²) in [5, 5.41) is 0. The molecule has 0 saturated heterocycles. The Bertz CT molecular complexity index is 3.61. The molecule has 0 unspecified atom stereocenters. The molecule has 0 aliphatic carbocycles. The summed E-state index contributed by atoms with van der Waals surface area (Å²) in [7, 11) is 0. The van der Waals surface area contributed by atoms with E-state index in [0.29, 0.717) is 0 Å². The van der Waals surface area contributed by atoms with Crippen molar-refractivity contribution < 1.29 is 17.1 Å². The quantitative estimate of drug-likeness (QED) is 0.313. The van der Waals surface area contributed by atoms with E-state index in [-0.39, 0.29) is 113 Å². The van der Waals surface area contributed by atoms with E-state index < -0.39 is 0 Å². The van der Waals surface area contributed by atoms with Crippen molar-refractivity contribution >= 4 is 95.9 Å². The van der Waals surface area contributed by atoms with Gasteiger partial charge in [0.1, 0.15) is 0 Å². The van der Waals surface area contributed by atoms with E-state index in [9.17, 15) is 0 Å². The summed E-state index contributed by atoms with van der Waals surface area (Å²) in [6.07, 6.45) is 0. The molecule has 0 bridgehead atoms. The average Bonchev–Trinajstić information content (AvgIpc) is 0. The van der Waals surface area contributed by atoms with E-state index >= 15 is 0 Å². The van der Waals surface area contributed by atoms with Gasteiger partial charge in [0.25, 0.3) is 0 Å². The molecular formula is FeI4. The van der Waals surface area contributed by atoms with Crippen molar-refractivity contribution in [3.8, 4) is 0 Å². The molecule has 0 rings (SSSR count). The van der Waals surface area contributed by atoms with E-state index in [2.05, 4.69) is 0 Å². The molecule has 0 aliphatic rings. The monoisotopic (exact) mass is 564 g/mol. The topological polar surface area (TPSA) is 0 Å². The molecule has 0 aromatic heterocycles. The van der Waals surface area contributed by atoms with E-state index in [1.54, 1.807) is 0 Å². The second-order valence-electron chi connectivity index (χ2n) is 0. The molecule has 0 amide bonds. The van der Waals surface area contributed by atoms with Gasteiger partial charge in [0.15, 0.2) is 0 Å². The minimum absolute atomic E-state index is 0. The standard InChI is InChI=1S/Fe.4I. The number of hydrogen-bond acceptors (Lipinski definition) is 0. The first-order chi connectivity index (χ1) is 0. The zero-order valence-corrected chi connectivity index (χ0v) is 11.6. The van der Waals surface area contributed by atoms with Crippen LogP contribution in [0.5, 0.6) is 0 Å². The molecule has 0 atom stereocenters. The summed E-state index contributed by atoms with van der Waals surface area (Å²) in [4.78, 5) is 0. The van der Waals surface area contributed by atoms with Crippen molar-refractivity contribution in [3.05, 3.63) is 0 Å². The van der Waals surface area contributed by atoms with Gasteiger partial charge in [-0.1, -0.05) is 0 Å². The Hall–Kier alpha value is 3.44. The Morgan fingerprint density at radius 3 is 0.400 bits per heavy atom. The van der Waals surface area contributed by atoms with Gasteiger partial charge in [-0.2, -0.15) is 0 Å². The van der Waals surface area contributed by atoms with E-state index in [1.807, 2.05) is 0 Å². The summed E-state index contributed by atoms with van der Waals surface area (Å²) >= 11 is 0. The van der Waals surface area contributed by atoms with Crippen LogP contribution in [0.2, 0.25) is 0 Å². The SMILES string of the molecule is [Fe].[I].[I].[I].[I]. The summed E-state index contributed by atoms with van der Waals surface area (Å²) in [6, 6.07) is 0. The molecular weight excluding hydrogens is 563 g/mol. The zero-order valence-electron chi connectivity index (χ0n) is 1.87. The van der Waals surface area contributed by atoms with Gasteiger partial charge in [0.05, 0.1) is 0 Å². The van der Waals surface area contributed by atoms with Crippen molar-refractivity contribution in [3.63, 3.8) is 0 Å². The number of hydrogen-bond donors (Lipinski definition) is 0. The summed E-state index contributed by atoms with van der Waals surface area (Å²) in [6.45, 7) is 0. The maximum atomic E-state index is 0. The fraction of sp³-hybridized carbons (Fsp3) is 0. The van der Waals surface area contributed by atoms with Crippen LogP contribution in [0, 0.1) is 0 Å². The van der Waals surface area contributed by atoms with Crippen LogP contribution in [0.3, 0.4) is 0 Å². The Balaban J connectivity index is 0. The molecule has 5 heavy (non-hydrogen) atoms. The first-order valence-electron chi connectivity index (χ1n) is 0. The van der Waals surface area contributed by atoms with Gasteiger partial charge in [-0.05, 0) is 0 Å². The van der Waals surface area contributed by atoms with Gasteiger partial charge in [-0.25, -0.2) is 0 Å². The van der Waals surface area contributed by atoms with Crippen LogP contribution in [0.25, 0.3) is 0 Å². The average molecular weight is 563 g/mol. The molecule has 0 nitrogen and oxygen atoms in total. The molecule has 36 valence electrons. The Kier molecular flexibility index (Phi) is 206. The zero-order chi connectivity index (χ0) is 0. The Morgan fingerprint density at radius 2 is 0.400 bits per heavy atom. The molecule has 0 N–H and O–H groups in total. The summed E-state index contributed by atoms with van der Waals surface area (Å²) < 4.78 is 0. The molecule has 0 saturated carbocycles. The van der Waals surface area contributed by atoms with E-state index in [1.165, 1.54) is 0 Å². The van der Waals surface area contributed by atoms with E-state index in [4.69, 9.17) is 0 Å². The molecule has 4 radical (unpaired) electrons. The van der Waals surface area contributed by atoms with Crippen molar-refractivity contribution in [2.24, 2.45) is 0 Å². The maximum Gasteiger partial charge on any atom is 0 e. The third-order valence-electron chi connectivity index (χ3n) is 0. The maximum absolute atomic E-state index is 0. The number of rotatable bonds is 0. The third kappa shape index (κ3) is 18.6. The van der Waals surface area contributed by atoms with Gasteiger partial charge in [-0.15, -0.1) is 0 Å². The number of halogens is 4. The van der Waals surface area contributed by atoms with Crippen LogP contribution in [0.4, 0.5) is 0 Å². The molecule has 0 heterocycles. The van der Waals surface area contributed by atoms with Gasteiger partial charge in [-0.3, -0.25) is 0 Å². The van der Waals surface area contributed by atoms with Crippen LogP contribution < -0.4 is 0 Å². The molecule has 0 spiro atoms. The largest absolute Gasteiger partial charge is 0 e. The first kappa shape index (κ1) is 39.5. The predicted octanol–water partition coefficient (Wildman–Crippen LogP) is 3.54. The minimum Gasteiger partial charge on any atom is 0 e. The van der Waals surface area contributed by atoms with Crippen molar-refractivity contribution in [1.82, 2.24) is 0 Å². The molecule has 0 aromatic carbocycles. The molecule has 0 fully saturated rings. The van der Waals surface area contributed by atoms with Crippen LogP contribution in [-0.4, -0.2) is 0 Å². The van der Waals surface area contributed by atoms with Gasteiger partial charge < -0.3 is 0 Å². The van der Waals surface area contributed by atoms with Crippen LogP contribution in [0.15, 0.2) is 0 Å². The molecule has 0 aromatic rings. The normalized spacial score (nSPS) is 0. The van der Waals surface area contributed by atoms with Gasteiger partial charge in [0, 0.05) is 113 Å². The summed E-state index contributed by atoms with van der Waals surface area (Å²) in [5.74, 6) is 0. The minimum atomic E-state index is 0. The Morgan fingerprint density at radius 1 is 0.400 bits per heavy atom. The van der Waals surface area contributed by atoms with Crippen molar-refractivity contribution in [2.75, 3.05) is 0 Å². The van der Waals surface area contributed by atoms with Gasteiger partial charge >= 0.3 is 0 Å². The third-order valence-corrected chi connectivity index (χ3v) is 0. The molecule has 0 aliphatic heterocycles. The van der Waals surface area contributed by atoms with Crippen LogP contribution >= 0.6 is 95.9 Å². The van der Waals surface area contributed by atoms with Crippen molar-refractivity contribution in [2.45, 2.75) is 0 Å². The summed E-state index contributed by atoms with van der Waals surface area (Å²) in [5.41, 5.74) is 0. The first-order valence-corrected chi connectivity index (χ1v) is 0. The fourth-order valence-corrected chi connectivity index (χ4v) is 0. The predicted molar refractivity (Wildman–Crippen MR) is 56.1 cm³/mol. The molecule has 5 heteroatoms. The van der Waals surface area contributed by atoms with Gasteiger partial charge in [0.2, 0.25) is 0 Å². The van der Waals surface area contributed by atoms with Crippen LogP contribution in [-0.2, 0) is 17.1 Å². The van der Waals surface area contributed by atoms with Crippen LogP contribution in [0.1, 0.15) is 0 Å². The van der Waals surface area contributed by atoms with E-state index in [0.717, 1.165) is 0 Å². The van der Waals surface area contributed by atoms with Crippen molar-refractivity contribution in [1.29, 1.82) is 0 Å². The second kappa shape index (κ2) is 26.1.